The highest BCUT2D eigenvalue weighted by Gasteiger charge is 2.20. The number of ether oxygens (including phenoxy) is 2. The Morgan fingerprint density at radius 2 is 1.77 bits per heavy atom. The maximum absolute atomic E-state index is 12.0. The number of hydrogen-bond donors (Lipinski definition) is 1. The van der Waals surface area contributed by atoms with Crippen molar-refractivity contribution in [2.45, 2.75) is 52.0 Å². The number of amides is 1. The largest absolute Gasteiger partial charge is 0.490 e. The van der Waals surface area contributed by atoms with Crippen LogP contribution in [0.1, 0.15) is 46.0 Å². The molecule has 0 aromatic heterocycles. The van der Waals surface area contributed by atoms with Gasteiger partial charge in [-0.15, -0.1) is 0 Å². The molecule has 0 heterocycles. The lowest BCUT2D eigenvalue weighted by atomic mass is 9.87. The van der Waals surface area contributed by atoms with E-state index >= 15 is 0 Å². The summed E-state index contributed by atoms with van der Waals surface area (Å²) in [7, 11) is 0. The molecule has 2 rings (SSSR count). The van der Waals surface area contributed by atoms with Crippen molar-refractivity contribution in [3.05, 3.63) is 24.3 Å². The molecule has 0 unspecified atom stereocenters. The van der Waals surface area contributed by atoms with Crippen LogP contribution in [0.3, 0.4) is 0 Å². The van der Waals surface area contributed by atoms with Gasteiger partial charge in [0.05, 0.1) is 6.61 Å². The molecule has 0 aliphatic heterocycles. The van der Waals surface area contributed by atoms with Gasteiger partial charge in [-0.25, -0.2) is 0 Å². The van der Waals surface area contributed by atoms with Crippen LogP contribution in [-0.2, 0) is 4.79 Å². The summed E-state index contributed by atoms with van der Waals surface area (Å²) in [5.74, 6) is 2.06. The molecule has 0 saturated heterocycles. The molecule has 0 radical (unpaired) electrons. The lowest BCUT2D eigenvalue weighted by molar-refractivity contribution is -0.124. The highest BCUT2D eigenvalue weighted by Crippen LogP contribution is 2.26. The van der Waals surface area contributed by atoms with Crippen LogP contribution >= 0.6 is 0 Å². The smallest absolute Gasteiger partial charge is 0.258 e. The van der Waals surface area contributed by atoms with Crippen molar-refractivity contribution in [2.75, 3.05) is 13.2 Å². The molecule has 122 valence electrons. The topological polar surface area (TPSA) is 47.6 Å². The van der Waals surface area contributed by atoms with E-state index < -0.39 is 0 Å². The summed E-state index contributed by atoms with van der Waals surface area (Å²) in [6.07, 6.45) is 5.47. The second-order valence-corrected chi connectivity index (χ2v) is 6.11. The zero-order valence-electron chi connectivity index (χ0n) is 13.6. The van der Waals surface area contributed by atoms with Gasteiger partial charge in [-0.05, 0) is 50.2 Å². The van der Waals surface area contributed by atoms with Gasteiger partial charge in [0.2, 0.25) is 0 Å². The van der Waals surface area contributed by atoms with Gasteiger partial charge in [0, 0.05) is 6.04 Å². The Morgan fingerprint density at radius 1 is 1.14 bits per heavy atom. The second-order valence-electron chi connectivity index (χ2n) is 6.11. The minimum absolute atomic E-state index is 0.0402. The van der Waals surface area contributed by atoms with Crippen LogP contribution in [0.15, 0.2) is 24.3 Å². The number of rotatable bonds is 7. The Balaban J connectivity index is 1.78. The van der Waals surface area contributed by atoms with E-state index in [1.165, 1.54) is 12.8 Å². The fraction of sp³-hybridized carbons (Fsp3) is 0.611. The van der Waals surface area contributed by atoms with Gasteiger partial charge >= 0.3 is 0 Å². The van der Waals surface area contributed by atoms with Gasteiger partial charge in [0.1, 0.15) is 0 Å². The minimum atomic E-state index is -0.0511. The maximum Gasteiger partial charge on any atom is 0.258 e. The van der Waals surface area contributed by atoms with E-state index in [0.29, 0.717) is 24.1 Å². The van der Waals surface area contributed by atoms with E-state index in [1.807, 2.05) is 24.3 Å². The Kier molecular flexibility index (Phi) is 6.56. The second kappa shape index (κ2) is 8.66. The van der Waals surface area contributed by atoms with E-state index in [9.17, 15) is 4.79 Å². The van der Waals surface area contributed by atoms with Gasteiger partial charge in [0.15, 0.2) is 18.1 Å². The lowest BCUT2D eigenvalue weighted by Gasteiger charge is -2.26. The summed E-state index contributed by atoms with van der Waals surface area (Å²) in [6.45, 7) is 5.02. The van der Waals surface area contributed by atoms with Gasteiger partial charge in [-0.1, -0.05) is 26.0 Å². The molecule has 4 nitrogen and oxygen atoms in total. The van der Waals surface area contributed by atoms with Crippen molar-refractivity contribution >= 4 is 5.91 Å². The summed E-state index contributed by atoms with van der Waals surface area (Å²) < 4.78 is 11.2. The number of carbonyl (C=O) groups excluding carboxylic acids is 1. The van der Waals surface area contributed by atoms with Crippen molar-refractivity contribution in [1.29, 1.82) is 0 Å². The maximum atomic E-state index is 12.0. The zero-order chi connectivity index (χ0) is 15.8. The summed E-state index contributed by atoms with van der Waals surface area (Å²) in [4.78, 5) is 12.0. The summed E-state index contributed by atoms with van der Waals surface area (Å²) in [6, 6.07) is 7.79. The van der Waals surface area contributed by atoms with Crippen LogP contribution in [0.5, 0.6) is 11.5 Å². The van der Waals surface area contributed by atoms with Gasteiger partial charge in [0.25, 0.3) is 5.91 Å². The lowest BCUT2D eigenvalue weighted by Crippen LogP contribution is -2.39. The third-order valence-electron chi connectivity index (χ3n) is 4.05. The zero-order valence-corrected chi connectivity index (χ0v) is 13.6. The van der Waals surface area contributed by atoms with Crippen molar-refractivity contribution in [3.63, 3.8) is 0 Å². The average Bonchev–Trinajstić information content (AvgIpc) is 2.54. The Hall–Kier alpha value is -1.71. The highest BCUT2D eigenvalue weighted by molar-refractivity contribution is 5.77. The first-order chi connectivity index (χ1) is 10.7. The molecule has 22 heavy (non-hydrogen) atoms. The average molecular weight is 305 g/mol. The molecule has 0 bridgehead atoms. The van der Waals surface area contributed by atoms with E-state index in [0.717, 1.165) is 25.2 Å². The molecular weight excluding hydrogens is 278 g/mol. The third kappa shape index (κ3) is 5.24. The summed E-state index contributed by atoms with van der Waals surface area (Å²) in [5, 5.41) is 3.07. The monoisotopic (exact) mass is 305 g/mol. The molecule has 1 aromatic carbocycles. The van der Waals surface area contributed by atoms with E-state index in [2.05, 4.69) is 19.2 Å². The highest BCUT2D eigenvalue weighted by atomic mass is 16.5. The molecule has 0 atom stereocenters. The normalized spacial score (nSPS) is 21.2. The van der Waals surface area contributed by atoms with Crippen LogP contribution in [0.25, 0.3) is 0 Å². The van der Waals surface area contributed by atoms with Gasteiger partial charge in [-0.3, -0.25) is 4.79 Å². The van der Waals surface area contributed by atoms with Crippen molar-refractivity contribution in [3.8, 4) is 11.5 Å². The number of nitrogens with one attached hydrogen (secondary N) is 1. The van der Waals surface area contributed by atoms with Gasteiger partial charge < -0.3 is 14.8 Å². The number of benzene rings is 1. The van der Waals surface area contributed by atoms with Gasteiger partial charge in [-0.2, -0.15) is 0 Å². The van der Waals surface area contributed by atoms with Crippen LogP contribution in [0.2, 0.25) is 0 Å². The molecule has 0 spiro atoms. The first-order valence-corrected chi connectivity index (χ1v) is 8.33. The molecular formula is C18H27NO3. The van der Waals surface area contributed by atoms with Crippen molar-refractivity contribution in [2.24, 2.45) is 5.92 Å². The molecule has 1 aliphatic carbocycles. The first kappa shape index (κ1) is 16.7. The molecule has 1 fully saturated rings. The molecule has 1 aliphatic rings. The van der Waals surface area contributed by atoms with E-state index in [1.54, 1.807) is 0 Å². The molecule has 1 aromatic rings. The predicted molar refractivity (Wildman–Crippen MR) is 87.3 cm³/mol. The minimum Gasteiger partial charge on any atom is -0.490 e. The van der Waals surface area contributed by atoms with Crippen molar-refractivity contribution < 1.29 is 14.3 Å². The summed E-state index contributed by atoms with van der Waals surface area (Å²) >= 11 is 0. The van der Waals surface area contributed by atoms with Crippen LogP contribution in [0.4, 0.5) is 0 Å². The van der Waals surface area contributed by atoms with E-state index in [4.69, 9.17) is 9.47 Å². The Labute approximate surface area is 133 Å². The number of hydrogen-bond acceptors (Lipinski definition) is 3. The quantitative estimate of drug-likeness (QED) is 0.838. The third-order valence-corrected chi connectivity index (χ3v) is 4.05. The van der Waals surface area contributed by atoms with Crippen LogP contribution in [-0.4, -0.2) is 25.2 Å². The molecule has 4 heteroatoms. The molecule has 1 saturated carbocycles. The van der Waals surface area contributed by atoms with Crippen molar-refractivity contribution in [1.82, 2.24) is 5.32 Å². The molecule has 1 N–H and O–H groups in total. The van der Waals surface area contributed by atoms with Crippen LogP contribution < -0.4 is 14.8 Å². The standard InChI is InChI=1S/C18H27NO3/c1-3-12-21-16-6-4-5-7-17(16)22-13-18(20)19-15-10-8-14(2)9-11-15/h4-7,14-15H,3,8-13H2,1-2H3,(H,19,20). The predicted octanol–water partition coefficient (Wildman–Crippen LogP) is 3.55. The SMILES string of the molecule is CCCOc1ccccc1OCC(=O)NC1CCC(C)CC1. The van der Waals surface area contributed by atoms with E-state index in [-0.39, 0.29) is 12.5 Å². The first-order valence-electron chi connectivity index (χ1n) is 8.33. The summed E-state index contributed by atoms with van der Waals surface area (Å²) in [5.41, 5.74) is 0. The van der Waals surface area contributed by atoms with Crippen LogP contribution in [0, 0.1) is 5.92 Å². The number of para-hydroxylation sites is 2. The molecule has 1 amide bonds. The fourth-order valence-electron chi connectivity index (χ4n) is 2.72. The fourth-order valence-corrected chi connectivity index (χ4v) is 2.72. The number of carbonyl (C=O) groups is 1. The Bertz CT molecular complexity index is 467. The Morgan fingerprint density at radius 3 is 2.41 bits per heavy atom.